The molecule has 190 valence electrons. The Bertz CT molecular complexity index is 770. The van der Waals surface area contributed by atoms with Gasteiger partial charge < -0.3 is 9.84 Å². The van der Waals surface area contributed by atoms with Crippen molar-refractivity contribution in [3.05, 3.63) is 16.9 Å². The van der Waals surface area contributed by atoms with Gasteiger partial charge in [0.25, 0.3) is 0 Å². The Morgan fingerprint density at radius 1 is 1.33 bits per heavy atom. The Morgan fingerprint density at radius 2 is 1.88 bits per heavy atom. The molecule has 1 aromatic heterocycles. The lowest BCUT2D eigenvalue weighted by Crippen LogP contribution is -2.22. The summed E-state index contributed by atoms with van der Waals surface area (Å²) in [6, 6.07) is 1.38. The predicted octanol–water partition coefficient (Wildman–Crippen LogP) is 7.86. The van der Waals surface area contributed by atoms with Crippen molar-refractivity contribution >= 4 is 28.8 Å². The first-order chi connectivity index (χ1) is 15.1. The number of Topliss-reactive ketones (excluding diaryl/α,β-unsaturated/α-hetero) is 1. The molecule has 1 saturated carbocycles. The van der Waals surface area contributed by atoms with Crippen molar-refractivity contribution < 1.29 is 23.4 Å². The maximum Gasteiger partial charge on any atom is 0.387 e. The standard InChI is InChI=1S/C12H15ClF2N2O.C7H14O2.C6H12/c1-4-5-7(2)16-9-6-10(18-12(14)15)11(13)17-8(9)3;1-4-6(8)5-7(2,3)9;1-6(2)4-3-5-6/h6,12H,4-5H2,1-3H3;9H,4-5H2,1-3H3;3-5H2,1-2H3. The molecule has 0 radical (unpaired) electrons. The fourth-order valence-corrected chi connectivity index (χ4v) is 3.18. The topological polar surface area (TPSA) is 71.8 Å². The summed E-state index contributed by atoms with van der Waals surface area (Å²) in [5, 5.41) is 9.01. The first-order valence-electron chi connectivity index (χ1n) is 11.5. The third-order valence-corrected chi connectivity index (χ3v) is 5.25. The summed E-state index contributed by atoms with van der Waals surface area (Å²) in [6.07, 6.45) is 6.96. The molecule has 0 aromatic carbocycles. The zero-order valence-electron chi connectivity index (χ0n) is 21.4. The molecule has 0 bridgehead atoms. The third-order valence-electron chi connectivity index (χ3n) is 4.98. The van der Waals surface area contributed by atoms with Gasteiger partial charge in [0, 0.05) is 24.6 Å². The Morgan fingerprint density at radius 3 is 2.21 bits per heavy atom. The van der Waals surface area contributed by atoms with Gasteiger partial charge in [-0.3, -0.25) is 9.79 Å². The summed E-state index contributed by atoms with van der Waals surface area (Å²) in [4.78, 5) is 18.9. The van der Waals surface area contributed by atoms with Crippen LogP contribution in [0.3, 0.4) is 0 Å². The van der Waals surface area contributed by atoms with E-state index in [0.29, 0.717) is 17.8 Å². The summed E-state index contributed by atoms with van der Waals surface area (Å²) < 4.78 is 28.6. The second kappa shape index (κ2) is 14.6. The number of pyridine rings is 1. The number of ketones is 1. The van der Waals surface area contributed by atoms with E-state index in [4.69, 9.17) is 16.7 Å². The number of ether oxygens (including phenoxy) is 1. The molecule has 0 aliphatic heterocycles. The number of aryl methyl sites for hydroxylation is 1. The highest BCUT2D eigenvalue weighted by Gasteiger charge is 2.25. The highest BCUT2D eigenvalue weighted by molar-refractivity contribution is 6.30. The Labute approximate surface area is 203 Å². The van der Waals surface area contributed by atoms with E-state index >= 15 is 0 Å². The van der Waals surface area contributed by atoms with Crippen molar-refractivity contribution in [3.8, 4) is 5.75 Å². The van der Waals surface area contributed by atoms with E-state index in [1.807, 2.05) is 13.8 Å². The van der Waals surface area contributed by atoms with Crippen molar-refractivity contribution in [2.24, 2.45) is 10.4 Å². The lowest BCUT2D eigenvalue weighted by molar-refractivity contribution is -0.122. The number of aliphatic hydroxyl groups is 1. The smallest absolute Gasteiger partial charge is 0.387 e. The van der Waals surface area contributed by atoms with Crippen molar-refractivity contribution in [3.63, 3.8) is 0 Å². The molecule has 1 N–H and O–H groups in total. The van der Waals surface area contributed by atoms with E-state index in [-0.39, 0.29) is 23.1 Å². The fraction of sp³-hybridized carbons (Fsp3) is 0.720. The normalized spacial score (nSPS) is 15.0. The number of alkyl halides is 2. The van der Waals surface area contributed by atoms with Crippen LogP contribution in [0.2, 0.25) is 5.15 Å². The van der Waals surface area contributed by atoms with Crippen LogP contribution in [0.15, 0.2) is 11.1 Å². The molecule has 0 saturated heterocycles. The van der Waals surface area contributed by atoms with Gasteiger partial charge in [-0.1, -0.05) is 52.1 Å². The summed E-state index contributed by atoms with van der Waals surface area (Å²) in [6.45, 7) is 12.4. The number of halogens is 3. The second-order valence-electron chi connectivity index (χ2n) is 9.76. The molecule has 1 aliphatic rings. The van der Waals surface area contributed by atoms with E-state index in [1.165, 1.54) is 25.3 Å². The Balaban J connectivity index is 0.000000562. The van der Waals surface area contributed by atoms with Crippen molar-refractivity contribution in [2.75, 3.05) is 0 Å². The average molecular weight is 491 g/mol. The minimum atomic E-state index is -2.93. The van der Waals surface area contributed by atoms with Crippen LogP contribution in [0.1, 0.15) is 99.1 Å². The van der Waals surface area contributed by atoms with Gasteiger partial charge in [-0.2, -0.15) is 8.78 Å². The number of carbonyl (C=O) groups is 1. The molecule has 8 heteroatoms. The Hall–Kier alpha value is -1.60. The van der Waals surface area contributed by atoms with Crippen molar-refractivity contribution in [2.45, 2.75) is 113 Å². The summed E-state index contributed by atoms with van der Waals surface area (Å²) in [5.74, 6) is -0.0391. The summed E-state index contributed by atoms with van der Waals surface area (Å²) in [7, 11) is 0. The second-order valence-corrected chi connectivity index (χ2v) is 10.1. The largest absolute Gasteiger partial charge is 0.431 e. The molecule has 2 rings (SSSR count). The van der Waals surface area contributed by atoms with E-state index in [2.05, 4.69) is 28.6 Å². The van der Waals surface area contributed by atoms with Gasteiger partial charge in [0.05, 0.1) is 17.0 Å². The maximum atomic E-state index is 12.2. The van der Waals surface area contributed by atoms with Gasteiger partial charge in [0.1, 0.15) is 5.78 Å². The summed E-state index contributed by atoms with van der Waals surface area (Å²) in [5.41, 5.74) is 1.89. The van der Waals surface area contributed by atoms with Gasteiger partial charge in [-0.25, -0.2) is 4.98 Å². The van der Waals surface area contributed by atoms with Crippen LogP contribution in [-0.4, -0.2) is 33.8 Å². The third kappa shape index (κ3) is 15.0. The van der Waals surface area contributed by atoms with Crippen LogP contribution >= 0.6 is 11.6 Å². The minimum Gasteiger partial charge on any atom is -0.431 e. The molecule has 0 amide bonds. The van der Waals surface area contributed by atoms with Crippen LogP contribution in [-0.2, 0) is 4.79 Å². The number of carbonyl (C=O) groups excluding carboxylic acids is 1. The first-order valence-corrected chi connectivity index (χ1v) is 11.9. The van der Waals surface area contributed by atoms with Crippen LogP contribution in [0.5, 0.6) is 5.75 Å². The van der Waals surface area contributed by atoms with E-state index in [1.54, 1.807) is 27.7 Å². The molecule has 0 atom stereocenters. The van der Waals surface area contributed by atoms with E-state index in [0.717, 1.165) is 24.0 Å². The molecule has 33 heavy (non-hydrogen) atoms. The Kier molecular flexibility index (Phi) is 13.9. The zero-order chi connectivity index (χ0) is 25.8. The molecule has 1 aliphatic carbocycles. The zero-order valence-corrected chi connectivity index (χ0v) is 22.2. The minimum absolute atomic E-state index is 0.0834. The SMILES string of the molecule is CC1(C)CCC1.CCC(=O)CC(C)(C)O.CCCC(C)=Nc1cc(OC(F)F)c(Cl)nc1C. The van der Waals surface area contributed by atoms with Gasteiger partial charge >= 0.3 is 6.61 Å². The number of aliphatic imine (C=N–C) groups is 1. The monoisotopic (exact) mass is 490 g/mol. The average Bonchev–Trinajstić information content (AvgIpc) is 2.64. The fourth-order valence-electron chi connectivity index (χ4n) is 2.95. The van der Waals surface area contributed by atoms with Crippen LogP contribution in [0.4, 0.5) is 14.5 Å². The molecule has 1 aromatic rings. The molecule has 1 fully saturated rings. The number of hydrogen-bond acceptors (Lipinski definition) is 5. The predicted molar refractivity (Wildman–Crippen MR) is 132 cm³/mol. The maximum absolute atomic E-state index is 12.2. The molecular weight excluding hydrogens is 450 g/mol. The van der Waals surface area contributed by atoms with Crippen LogP contribution in [0, 0.1) is 12.3 Å². The van der Waals surface area contributed by atoms with Crippen molar-refractivity contribution in [1.82, 2.24) is 4.98 Å². The molecule has 5 nitrogen and oxygen atoms in total. The highest BCUT2D eigenvalue weighted by Crippen LogP contribution is 2.39. The number of aromatic nitrogens is 1. The lowest BCUT2D eigenvalue weighted by Gasteiger charge is -2.33. The number of hydrogen-bond donors (Lipinski definition) is 1. The van der Waals surface area contributed by atoms with Gasteiger partial charge in [-0.05, 0) is 52.4 Å². The van der Waals surface area contributed by atoms with Gasteiger partial charge in [-0.15, -0.1) is 0 Å². The molecular formula is C25H41ClF2N2O3. The molecule has 1 heterocycles. The van der Waals surface area contributed by atoms with Gasteiger partial charge in [0.2, 0.25) is 0 Å². The number of rotatable bonds is 8. The highest BCUT2D eigenvalue weighted by atomic mass is 35.5. The summed E-state index contributed by atoms with van der Waals surface area (Å²) >= 11 is 5.73. The van der Waals surface area contributed by atoms with Crippen LogP contribution < -0.4 is 4.74 Å². The molecule has 0 unspecified atom stereocenters. The lowest BCUT2D eigenvalue weighted by atomic mass is 9.72. The van der Waals surface area contributed by atoms with E-state index < -0.39 is 12.2 Å². The van der Waals surface area contributed by atoms with Crippen molar-refractivity contribution in [1.29, 1.82) is 0 Å². The van der Waals surface area contributed by atoms with Crippen LogP contribution in [0.25, 0.3) is 0 Å². The quantitative estimate of drug-likeness (QED) is 0.297. The first kappa shape index (κ1) is 31.4. The number of nitrogens with zero attached hydrogens (tertiary/aromatic N) is 2. The van der Waals surface area contributed by atoms with Gasteiger partial charge in [0.15, 0.2) is 10.9 Å². The molecule has 0 spiro atoms. The van der Waals surface area contributed by atoms with E-state index in [9.17, 15) is 13.6 Å².